The summed E-state index contributed by atoms with van der Waals surface area (Å²) in [5.74, 6) is 0.514. The van der Waals surface area contributed by atoms with Gasteiger partial charge in [-0.3, -0.25) is 4.79 Å². The highest BCUT2D eigenvalue weighted by Gasteiger charge is 2.15. The molecule has 0 bridgehead atoms. The Labute approximate surface area is 226 Å². The molecule has 0 aliphatic carbocycles. The molecule has 39 heavy (non-hydrogen) atoms. The van der Waals surface area contributed by atoms with Crippen LogP contribution in [0.4, 0.5) is 17.2 Å². The Morgan fingerprint density at radius 2 is 1.49 bits per heavy atom. The van der Waals surface area contributed by atoms with Gasteiger partial charge in [0.05, 0.1) is 5.69 Å². The number of para-hydroxylation sites is 2. The SMILES string of the molecule is CC(C)(C)c1ccc(C(=O)Nc2ccc(Nc3cc(-c4cccc5c4oc4ccccc45)ncn3)cc2)cc1. The Balaban J connectivity index is 1.18. The summed E-state index contributed by atoms with van der Waals surface area (Å²) in [6.45, 7) is 6.46. The summed E-state index contributed by atoms with van der Waals surface area (Å²) < 4.78 is 6.18. The first kappa shape index (κ1) is 24.4. The quantitative estimate of drug-likeness (QED) is 0.243. The van der Waals surface area contributed by atoms with Crippen LogP contribution in [0.3, 0.4) is 0 Å². The third-order valence-corrected chi connectivity index (χ3v) is 6.78. The van der Waals surface area contributed by atoms with E-state index in [1.54, 1.807) is 6.33 Å². The molecule has 0 spiro atoms. The molecule has 4 aromatic carbocycles. The van der Waals surface area contributed by atoms with Gasteiger partial charge in [-0.25, -0.2) is 9.97 Å². The van der Waals surface area contributed by atoms with Gasteiger partial charge in [-0.15, -0.1) is 0 Å². The smallest absolute Gasteiger partial charge is 0.255 e. The molecule has 192 valence electrons. The number of benzene rings is 4. The summed E-state index contributed by atoms with van der Waals surface area (Å²) in [7, 11) is 0. The van der Waals surface area contributed by atoms with Crippen molar-refractivity contribution in [3.05, 3.63) is 115 Å². The number of rotatable bonds is 5. The molecule has 0 unspecified atom stereocenters. The zero-order valence-corrected chi connectivity index (χ0v) is 22.0. The van der Waals surface area contributed by atoms with Crippen LogP contribution in [0, 0.1) is 0 Å². The number of carbonyl (C=O) groups excluding carboxylic acids is 1. The zero-order chi connectivity index (χ0) is 27.0. The van der Waals surface area contributed by atoms with Crippen molar-refractivity contribution < 1.29 is 9.21 Å². The Hall–Kier alpha value is -4.97. The zero-order valence-electron chi connectivity index (χ0n) is 22.0. The van der Waals surface area contributed by atoms with Crippen LogP contribution >= 0.6 is 0 Å². The van der Waals surface area contributed by atoms with Gasteiger partial charge >= 0.3 is 0 Å². The van der Waals surface area contributed by atoms with Crippen LogP contribution in [0.5, 0.6) is 0 Å². The number of fused-ring (bicyclic) bond motifs is 3. The highest BCUT2D eigenvalue weighted by molar-refractivity contribution is 6.09. The average Bonchev–Trinajstić information content (AvgIpc) is 3.33. The lowest BCUT2D eigenvalue weighted by atomic mass is 9.87. The molecule has 0 radical (unpaired) electrons. The Morgan fingerprint density at radius 1 is 0.769 bits per heavy atom. The van der Waals surface area contributed by atoms with Crippen LogP contribution in [0.1, 0.15) is 36.7 Å². The van der Waals surface area contributed by atoms with Crippen molar-refractivity contribution in [1.29, 1.82) is 0 Å². The third-order valence-electron chi connectivity index (χ3n) is 6.78. The van der Waals surface area contributed by atoms with Crippen LogP contribution in [0.2, 0.25) is 0 Å². The van der Waals surface area contributed by atoms with Crippen molar-refractivity contribution in [3.8, 4) is 11.3 Å². The van der Waals surface area contributed by atoms with Gasteiger partial charge in [-0.05, 0) is 59.5 Å². The van der Waals surface area contributed by atoms with Crippen molar-refractivity contribution in [3.63, 3.8) is 0 Å². The van der Waals surface area contributed by atoms with Gasteiger partial charge < -0.3 is 15.1 Å². The summed E-state index contributed by atoms with van der Waals surface area (Å²) in [5.41, 5.74) is 6.73. The molecule has 0 fully saturated rings. The molecule has 0 saturated heterocycles. The fourth-order valence-corrected chi connectivity index (χ4v) is 4.63. The normalized spacial score (nSPS) is 11.6. The molecule has 2 heterocycles. The van der Waals surface area contributed by atoms with Crippen LogP contribution in [-0.2, 0) is 5.41 Å². The predicted molar refractivity (Wildman–Crippen MR) is 158 cm³/mol. The van der Waals surface area contributed by atoms with Crippen molar-refractivity contribution in [2.24, 2.45) is 0 Å². The fourth-order valence-electron chi connectivity index (χ4n) is 4.63. The van der Waals surface area contributed by atoms with Crippen molar-refractivity contribution in [1.82, 2.24) is 9.97 Å². The lowest BCUT2D eigenvalue weighted by molar-refractivity contribution is 0.102. The minimum absolute atomic E-state index is 0.0447. The molecule has 0 atom stereocenters. The summed E-state index contributed by atoms with van der Waals surface area (Å²) in [6.07, 6.45) is 1.54. The second kappa shape index (κ2) is 9.72. The minimum Gasteiger partial charge on any atom is -0.455 e. The van der Waals surface area contributed by atoms with Crippen LogP contribution < -0.4 is 10.6 Å². The van der Waals surface area contributed by atoms with Crippen LogP contribution in [0.15, 0.2) is 108 Å². The maximum Gasteiger partial charge on any atom is 0.255 e. The predicted octanol–water partition coefficient (Wildman–Crippen LogP) is 8.34. The van der Waals surface area contributed by atoms with E-state index in [4.69, 9.17) is 4.42 Å². The van der Waals surface area contributed by atoms with Crippen LogP contribution in [0.25, 0.3) is 33.2 Å². The van der Waals surface area contributed by atoms with Gasteiger partial charge in [0.25, 0.3) is 5.91 Å². The summed E-state index contributed by atoms with van der Waals surface area (Å²) in [4.78, 5) is 21.6. The summed E-state index contributed by atoms with van der Waals surface area (Å²) >= 11 is 0. The molecule has 6 aromatic rings. The van der Waals surface area contributed by atoms with Gasteiger partial charge in [-0.1, -0.05) is 63.2 Å². The highest BCUT2D eigenvalue weighted by Crippen LogP contribution is 2.35. The largest absolute Gasteiger partial charge is 0.455 e. The van der Waals surface area contributed by atoms with Crippen molar-refractivity contribution >= 4 is 45.0 Å². The Bertz CT molecular complexity index is 1800. The Kier molecular flexibility index (Phi) is 6.08. The van der Waals surface area contributed by atoms with E-state index in [-0.39, 0.29) is 11.3 Å². The second-order valence-corrected chi connectivity index (χ2v) is 10.6. The van der Waals surface area contributed by atoms with E-state index >= 15 is 0 Å². The lowest BCUT2D eigenvalue weighted by Crippen LogP contribution is -2.14. The first-order valence-corrected chi connectivity index (χ1v) is 12.9. The maximum atomic E-state index is 12.7. The third kappa shape index (κ3) is 4.97. The molecule has 2 aromatic heterocycles. The lowest BCUT2D eigenvalue weighted by Gasteiger charge is -2.19. The van der Waals surface area contributed by atoms with Gasteiger partial charge in [0.2, 0.25) is 0 Å². The van der Waals surface area contributed by atoms with Gasteiger partial charge in [0.15, 0.2) is 0 Å². The number of hydrogen-bond donors (Lipinski definition) is 2. The number of furan rings is 1. The molecule has 1 amide bonds. The highest BCUT2D eigenvalue weighted by atomic mass is 16.3. The number of hydrogen-bond acceptors (Lipinski definition) is 5. The number of amides is 1. The molecular weight excluding hydrogens is 484 g/mol. The molecule has 0 saturated carbocycles. The second-order valence-electron chi connectivity index (χ2n) is 10.6. The molecule has 2 N–H and O–H groups in total. The Morgan fingerprint density at radius 3 is 2.26 bits per heavy atom. The van der Waals surface area contributed by atoms with Gasteiger partial charge in [0, 0.05) is 39.3 Å². The van der Waals surface area contributed by atoms with E-state index in [1.165, 1.54) is 5.56 Å². The standard InChI is InChI=1S/C33H28N4O2/c1-33(2,3)22-13-11-21(12-14-22)32(38)37-24-17-15-23(16-18-24)36-30-19-28(34-20-35-30)27-9-6-8-26-25-7-4-5-10-29(25)39-31(26)27/h4-20H,1-3H3,(H,37,38)(H,34,35,36). The molecule has 6 heteroatoms. The van der Waals surface area contributed by atoms with E-state index in [1.807, 2.05) is 84.9 Å². The van der Waals surface area contributed by atoms with E-state index in [2.05, 4.69) is 53.5 Å². The van der Waals surface area contributed by atoms with E-state index in [9.17, 15) is 4.79 Å². The van der Waals surface area contributed by atoms with E-state index < -0.39 is 0 Å². The van der Waals surface area contributed by atoms with Crippen molar-refractivity contribution in [2.45, 2.75) is 26.2 Å². The minimum atomic E-state index is -0.142. The maximum absolute atomic E-state index is 12.7. The molecular formula is C33H28N4O2. The number of carbonyl (C=O) groups is 1. The summed E-state index contributed by atoms with van der Waals surface area (Å²) in [6, 6.07) is 31.3. The molecule has 6 nitrogen and oxygen atoms in total. The first-order chi connectivity index (χ1) is 18.8. The topological polar surface area (TPSA) is 80.0 Å². The van der Waals surface area contributed by atoms with Gasteiger partial charge in [0.1, 0.15) is 23.3 Å². The fraction of sp³-hybridized carbons (Fsp3) is 0.121. The average molecular weight is 513 g/mol. The van der Waals surface area contributed by atoms with E-state index in [0.717, 1.165) is 38.9 Å². The van der Waals surface area contributed by atoms with E-state index in [0.29, 0.717) is 17.1 Å². The number of aromatic nitrogens is 2. The number of anilines is 3. The van der Waals surface area contributed by atoms with Gasteiger partial charge in [-0.2, -0.15) is 0 Å². The molecule has 0 aliphatic rings. The van der Waals surface area contributed by atoms with Crippen LogP contribution in [-0.4, -0.2) is 15.9 Å². The number of nitrogens with one attached hydrogen (secondary N) is 2. The molecule has 0 aliphatic heterocycles. The molecule has 6 rings (SSSR count). The number of nitrogens with zero attached hydrogens (tertiary/aromatic N) is 2. The first-order valence-electron chi connectivity index (χ1n) is 12.9. The summed E-state index contributed by atoms with van der Waals surface area (Å²) in [5, 5.41) is 8.42. The monoisotopic (exact) mass is 512 g/mol. The van der Waals surface area contributed by atoms with Crippen molar-refractivity contribution in [2.75, 3.05) is 10.6 Å².